The summed E-state index contributed by atoms with van der Waals surface area (Å²) >= 11 is 3.44. The third-order valence-corrected chi connectivity index (χ3v) is 3.85. The lowest BCUT2D eigenvalue weighted by atomic mass is 10.1. The molecule has 2 N–H and O–H groups in total. The summed E-state index contributed by atoms with van der Waals surface area (Å²) in [6.45, 7) is 4.00. The predicted octanol–water partition coefficient (Wildman–Crippen LogP) is 3.36. The Morgan fingerprint density at radius 2 is 2.32 bits per heavy atom. The van der Waals surface area contributed by atoms with Gasteiger partial charge in [-0.2, -0.15) is 0 Å². The van der Waals surface area contributed by atoms with Gasteiger partial charge < -0.3 is 10.3 Å². The summed E-state index contributed by atoms with van der Waals surface area (Å²) in [5.41, 5.74) is 1.75. The van der Waals surface area contributed by atoms with Crippen molar-refractivity contribution in [2.45, 2.75) is 26.3 Å². The standard InChI is InChI=1S/C14H16BrN3O/c1-3-12(13-16-6-7-17-13)18-14(19)10-5-4-9(2)11(15)8-10/h4-8,12H,3H2,1-2H3,(H,16,17)(H,18,19). The molecule has 0 radical (unpaired) electrons. The number of carbonyl (C=O) groups is 1. The molecule has 2 aromatic rings. The Labute approximate surface area is 120 Å². The van der Waals surface area contributed by atoms with E-state index in [1.165, 1.54) is 0 Å². The lowest BCUT2D eigenvalue weighted by Gasteiger charge is -2.15. The smallest absolute Gasteiger partial charge is 0.251 e. The zero-order chi connectivity index (χ0) is 13.8. The summed E-state index contributed by atoms with van der Waals surface area (Å²) in [4.78, 5) is 19.4. The van der Waals surface area contributed by atoms with Crippen LogP contribution in [0.5, 0.6) is 0 Å². The van der Waals surface area contributed by atoms with Gasteiger partial charge in [-0.25, -0.2) is 4.98 Å². The van der Waals surface area contributed by atoms with E-state index < -0.39 is 0 Å². The number of rotatable bonds is 4. The van der Waals surface area contributed by atoms with Crippen molar-refractivity contribution >= 4 is 21.8 Å². The minimum absolute atomic E-state index is 0.0936. The normalized spacial score (nSPS) is 12.2. The van der Waals surface area contributed by atoms with E-state index in [1.54, 1.807) is 12.4 Å². The van der Waals surface area contributed by atoms with Gasteiger partial charge in [0.25, 0.3) is 5.91 Å². The van der Waals surface area contributed by atoms with Crippen molar-refractivity contribution in [1.29, 1.82) is 0 Å². The molecule has 4 nitrogen and oxygen atoms in total. The second kappa shape index (κ2) is 6.02. The van der Waals surface area contributed by atoms with Crippen LogP contribution in [-0.4, -0.2) is 15.9 Å². The molecular formula is C14H16BrN3O. The number of aromatic amines is 1. The van der Waals surface area contributed by atoms with E-state index in [9.17, 15) is 4.79 Å². The summed E-state index contributed by atoms with van der Waals surface area (Å²) in [6, 6.07) is 5.49. The highest BCUT2D eigenvalue weighted by Gasteiger charge is 2.16. The van der Waals surface area contributed by atoms with Crippen molar-refractivity contribution in [2.24, 2.45) is 0 Å². The van der Waals surface area contributed by atoms with Crippen LogP contribution in [0.25, 0.3) is 0 Å². The highest BCUT2D eigenvalue weighted by Crippen LogP contribution is 2.19. The summed E-state index contributed by atoms with van der Waals surface area (Å²) in [6.07, 6.45) is 4.23. The van der Waals surface area contributed by atoms with Crippen LogP contribution in [0.3, 0.4) is 0 Å². The Hall–Kier alpha value is -1.62. The van der Waals surface area contributed by atoms with Gasteiger partial charge in [0, 0.05) is 22.4 Å². The number of imidazole rings is 1. The lowest BCUT2D eigenvalue weighted by molar-refractivity contribution is 0.0934. The number of aromatic nitrogens is 2. The van der Waals surface area contributed by atoms with Gasteiger partial charge in [0.15, 0.2) is 0 Å². The Balaban J connectivity index is 2.13. The topological polar surface area (TPSA) is 57.8 Å². The van der Waals surface area contributed by atoms with Crippen LogP contribution in [-0.2, 0) is 0 Å². The second-order valence-electron chi connectivity index (χ2n) is 4.37. The predicted molar refractivity (Wildman–Crippen MR) is 78.0 cm³/mol. The number of halogens is 1. The van der Waals surface area contributed by atoms with Gasteiger partial charge in [0.05, 0.1) is 6.04 Å². The van der Waals surface area contributed by atoms with Gasteiger partial charge in [0.2, 0.25) is 0 Å². The van der Waals surface area contributed by atoms with Crippen LogP contribution in [0, 0.1) is 6.92 Å². The molecule has 1 aromatic carbocycles. The molecule has 0 saturated heterocycles. The average molecular weight is 322 g/mol. The van der Waals surface area contributed by atoms with Crippen LogP contribution in [0.15, 0.2) is 35.1 Å². The SMILES string of the molecule is CCC(NC(=O)c1ccc(C)c(Br)c1)c1ncc[nH]1. The maximum Gasteiger partial charge on any atom is 0.251 e. The first-order valence-electron chi connectivity index (χ1n) is 6.18. The third kappa shape index (κ3) is 3.23. The first-order valence-corrected chi connectivity index (χ1v) is 6.97. The molecule has 19 heavy (non-hydrogen) atoms. The van der Waals surface area contributed by atoms with Crippen molar-refractivity contribution < 1.29 is 4.79 Å². The molecular weight excluding hydrogens is 306 g/mol. The lowest BCUT2D eigenvalue weighted by Crippen LogP contribution is -2.28. The van der Waals surface area contributed by atoms with Crippen LogP contribution in [0.4, 0.5) is 0 Å². The summed E-state index contributed by atoms with van der Waals surface area (Å²) < 4.78 is 0.936. The molecule has 2 rings (SSSR count). The van der Waals surface area contributed by atoms with Crippen molar-refractivity contribution in [1.82, 2.24) is 15.3 Å². The van der Waals surface area contributed by atoms with E-state index in [1.807, 2.05) is 32.0 Å². The molecule has 0 spiro atoms. The molecule has 0 saturated carbocycles. The summed E-state index contributed by atoms with van der Waals surface area (Å²) in [7, 11) is 0. The van der Waals surface area contributed by atoms with E-state index >= 15 is 0 Å². The van der Waals surface area contributed by atoms with E-state index in [2.05, 4.69) is 31.2 Å². The van der Waals surface area contributed by atoms with Crippen molar-refractivity contribution in [3.8, 4) is 0 Å². The number of hydrogen-bond donors (Lipinski definition) is 2. The molecule has 0 aliphatic heterocycles. The Morgan fingerprint density at radius 1 is 1.53 bits per heavy atom. The van der Waals surface area contributed by atoms with Gasteiger partial charge in [-0.1, -0.05) is 28.9 Å². The average Bonchev–Trinajstić information content (AvgIpc) is 2.92. The molecule has 0 bridgehead atoms. The monoisotopic (exact) mass is 321 g/mol. The van der Waals surface area contributed by atoms with Crippen LogP contribution >= 0.6 is 15.9 Å². The van der Waals surface area contributed by atoms with Gasteiger partial charge in [-0.3, -0.25) is 4.79 Å². The van der Waals surface area contributed by atoms with Gasteiger partial charge >= 0.3 is 0 Å². The third-order valence-electron chi connectivity index (χ3n) is 3.00. The number of amides is 1. The van der Waals surface area contributed by atoms with E-state index in [0.717, 1.165) is 22.3 Å². The number of carbonyl (C=O) groups excluding carboxylic acids is 1. The van der Waals surface area contributed by atoms with Crippen molar-refractivity contribution in [3.63, 3.8) is 0 Å². The van der Waals surface area contributed by atoms with Gasteiger partial charge in [0.1, 0.15) is 5.82 Å². The summed E-state index contributed by atoms with van der Waals surface area (Å²) in [5, 5.41) is 2.98. The molecule has 1 aromatic heterocycles. The Bertz CT molecular complexity index is 566. The Kier molecular flexibility index (Phi) is 4.37. The zero-order valence-corrected chi connectivity index (χ0v) is 12.5. The fraction of sp³-hybridized carbons (Fsp3) is 0.286. The molecule has 5 heteroatoms. The van der Waals surface area contributed by atoms with Crippen LogP contribution < -0.4 is 5.32 Å². The van der Waals surface area contributed by atoms with E-state index in [4.69, 9.17) is 0 Å². The van der Waals surface area contributed by atoms with Crippen LogP contribution in [0.2, 0.25) is 0 Å². The molecule has 0 fully saturated rings. The van der Waals surface area contributed by atoms with Crippen molar-refractivity contribution in [2.75, 3.05) is 0 Å². The molecule has 1 heterocycles. The molecule has 1 unspecified atom stereocenters. The molecule has 0 aliphatic rings. The largest absolute Gasteiger partial charge is 0.347 e. The number of aryl methyl sites for hydroxylation is 1. The highest BCUT2D eigenvalue weighted by atomic mass is 79.9. The molecule has 0 aliphatic carbocycles. The van der Waals surface area contributed by atoms with Gasteiger partial charge in [-0.15, -0.1) is 0 Å². The summed E-state index contributed by atoms with van der Waals surface area (Å²) in [5.74, 6) is 0.686. The van der Waals surface area contributed by atoms with E-state index in [-0.39, 0.29) is 11.9 Å². The highest BCUT2D eigenvalue weighted by molar-refractivity contribution is 9.10. The molecule has 1 amide bonds. The maximum absolute atomic E-state index is 12.2. The number of hydrogen-bond acceptors (Lipinski definition) is 2. The quantitative estimate of drug-likeness (QED) is 0.907. The minimum atomic E-state index is -0.0948. The zero-order valence-electron chi connectivity index (χ0n) is 10.9. The van der Waals surface area contributed by atoms with E-state index in [0.29, 0.717) is 5.56 Å². The molecule has 1 atom stereocenters. The van der Waals surface area contributed by atoms with Crippen molar-refractivity contribution in [3.05, 3.63) is 52.0 Å². The Morgan fingerprint density at radius 3 is 2.89 bits per heavy atom. The number of benzene rings is 1. The molecule has 100 valence electrons. The van der Waals surface area contributed by atoms with Crippen LogP contribution in [0.1, 0.15) is 41.1 Å². The minimum Gasteiger partial charge on any atom is -0.347 e. The number of nitrogens with zero attached hydrogens (tertiary/aromatic N) is 1. The first kappa shape index (κ1) is 13.8. The number of H-pyrrole nitrogens is 1. The number of nitrogens with one attached hydrogen (secondary N) is 2. The first-order chi connectivity index (χ1) is 9.11. The fourth-order valence-corrected chi connectivity index (χ4v) is 2.19. The second-order valence-corrected chi connectivity index (χ2v) is 5.23. The van der Waals surface area contributed by atoms with Gasteiger partial charge in [-0.05, 0) is 31.0 Å². The maximum atomic E-state index is 12.2. The fourth-order valence-electron chi connectivity index (χ4n) is 1.81.